The van der Waals surface area contributed by atoms with Crippen LogP contribution >= 0.6 is 0 Å². The van der Waals surface area contributed by atoms with Crippen molar-refractivity contribution in [1.29, 1.82) is 0 Å². The fourth-order valence-corrected chi connectivity index (χ4v) is 4.16. The highest BCUT2D eigenvalue weighted by Crippen LogP contribution is 2.31. The number of rotatable bonds is 18. The lowest BCUT2D eigenvalue weighted by Crippen LogP contribution is -2.40. The van der Waals surface area contributed by atoms with E-state index in [0.717, 1.165) is 44.9 Å². The Balaban J connectivity index is 4.15. The Labute approximate surface area is 187 Å². The second kappa shape index (κ2) is 16.1. The van der Waals surface area contributed by atoms with Crippen LogP contribution in [-0.4, -0.2) is 35.5 Å². The van der Waals surface area contributed by atoms with Crippen molar-refractivity contribution in [3.8, 4) is 0 Å². The summed E-state index contributed by atoms with van der Waals surface area (Å²) >= 11 is 0. The van der Waals surface area contributed by atoms with Crippen LogP contribution in [0.2, 0.25) is 0 Å². The zero-order chi connectivity index (χ0) is 23.0. The number of ether oxygens (including phenoxy) is 2. The van der Waals surface area contributed by atoms with Crippen LogP contribution in [0.3, 0.4) is 0 Å². The molecule has 0 aromatic heterocycles. The first-order valence-corrected chi connectivity index (χ1v) is 12.5. The van der Waals surface area contributed by atoms with Gasteiger partial charge in [0.25, 0.3) is 0 Å². The molecule has 0 spiro atoms. The highest BCUT2D eigenvalue weighted by molar-refractivity contribution is 5.69. The van der Waals surface area contributed by atoms with Gasteiger partial charge in [0, 0.05) is 19.4 Å². The van der Waals surface area contributed by atoms with Crippen molar-refractivity contribution in [1.82, 2.24) is 0 Å². The van der Waals surface area contributed by atoms with Crippen LogP contribution in [-0.2, 0) is 14.3 Å². The van der Waals surface area contributed by atoms with Gasteiger partial charge in [-0.3, -0.25) is 4.79 Å². The van der Waals surface area contributed by atoms with Crippen molar-refractivity contribution in [2.75, 3.05) is 7.11 Å². The Morgan fingerprint density at radius 2 is 1.30 bits per heavy atom. The number of carbonyl (C=O) groups is 1. The summed E-state index contributed by atoms with van der Waals surface area (Å²) in [6, 6.07) is 0. The molecule has 0 saturated carbocycles. The van der Waals surface area contributed by atoms with Gasteiger partial charge in [-0.2, -0.15) is 0 Å². The zero-order valence-electron chi connectivity index (χ0n) is 21.2. The van der Waals surface area contributed by atoms with Crippen LogP contribution in [0.5, 0.6) is 0 Å². The van der Waals surface area contributed by atoms with Crippen LogP contribution in [0, 0.1) is 5.92 Å². The molecule has 30 heavy (non-hydrogen) atoms. The van der Waals surface area contributed by atoms with E-state index in [4.69, 9.17) is 9.47 Å². The fraction of sp³-hybridized carbons (Fsp3) is 0.962. The van der Waals surface area contributed by atoms with E-state index in [1.807, 2.05) is 34.6 Å². The molecule has 2 unspecified atom stereocenters. The largest absolute Gasteiger partial charge is 0.460 e. The second-order valence-electron chi connectivity index (χ2n) is 10.5. The predicted octanol–water partition coefficient (Wildman–Crippen LogP) is 7.21. The average Bonchev–Trinajstić information content (AvgIpc) is 2.62. The third kappa shape index (κ3) is 16.1. The van der Waals surface area contributed by atoms with E-state index in [9.17, 15) is 9.90 Å². The maximum absolute atomic E-state index is 11.8. The standard InChI is InChI=1S/C26H52O4/c1-8-9-10-11-14-17-20-23(29-7)22(26(5,6)28)19-16-13-12-15-18-21-24(27)30-25(2,3)4/h22-23,28H,8-21H2,1-7H3. The molecule has 1 N–H and O–H groups in total. The molecular formula is C26H52O4. The fourth-order valence-electron chi connectivity index (χ4n) is 4.16. The minimum Gasteiger partial charge on any atom is -0.460 e. The Hall–Kier alpha value is -0.610. The molecule has 180 valence electrons. The first-order valence-electron chi connectivity index (χ1n) is 12.5. The minimum atomic E-state index is -0.723. The van der Waals surface area contributed by atoms with Crippen LogP contribution in [0.4, 0.5) is 0 Å². The van der Waals surface area contributed by atoms with Gasteiger partial charge in [-0.25, -0.2) is 0 Å². The van der Waals surface area contributed by atoms with Crippen molar-refractivity contribution in [3.05, 3.63) is 0 Å². The molecule has 0 aliphatic rings. The van der Waals surface area contributed by atoms with Gasteiger partial charge in [-0.15, -0.1) is 0 Å². The minimum absolute atomic E-state index is 0.0952. The summed E-state index contributed by atoms with van der Waals surface area (Å²) in [5.41, 5.74) is -1.11. The predicted molar refractivity (Wildman–Crippen MR) is 127 cm³/mol. The summed E-state index contributed by atoms with van der Waals surface area (Å²) in [4.78, 5) is 11.8. The molecule has 0 heterocycles. The van der Waals surface area contributed by atoms with E-state index in [1.165, 1.54) is 38.5 Å². The average molecular weight is 429 g/mol. The Morgan fingerprint density at radius 1 is 0.800 bits per heavy atom. The highest BCUT2D eigenvalue weighted by atomic mass is 16.6. The van der Waals surface area contributed by atoms with Gasteiger partial charge >= 0.3 is 5.97 Å². The molecule has 0 radical (unpaired) electrons. The van der Waals surface area contributed by atoms with Gasteiger partial charge in [0.1, 0.15) is 5.60 Å². The van der Waals surface area contributed by atoms with Crippen molar-refractivity contribution >= 4 is 5.97 Å². The van der Waals surface area contributed by atoms with Crippen molar-refractivity contribution < 1.29 is 19.4 Å². The summed E-state index contributed by atoms with van der Waals surface area (Å²) < 4.78 is 11.2. The third-order valence-electron chi connectivity index (χ3n) is 5.82. The lowest BCUT2D eigenvalue weighted by molar-refractivity contribution is -0.154. The van der Waals surface area contributed by atoms with E-state index in [0.29, 0.717) is 6.42 Å². The van der Waals surface area contributed by atoms with Gasteiger partial charge in [-0.05, 0) is 53.9 Å². The van der Waals surface area contributed by atoms with Crippen molar-refractivity contribution in [2.24, 2.45) is 5.92 Å². The smallest absolute Gasteiger partial charge is 0.306 e. The molecule has 0 aromatic carbocycles. The molecule has 0 rings (SSSR count). The number of hydrogen-bond donors (Lipinski definition) is 1. The Bertz CT molecular complexity index is 420. The topological polar surface area (TPSA) is 55.8 Å². The molecule has 0 saturated heterocycles. The van der Waals surface area contributed by atoms with Gasteiger partial charge < -0.3 is 14.6 Å². The molecule has 4 nitrogen and oxygen atoms in total. The second-order valence-corrected chi connectivity index (χ2v) is 10.5. The van der Waals surface area contributed by atoms with Gasteiger partial charge in [-0.1, -0.05) is 71.1 Å². The number of esters is 1. The monoisotopic (exact) mass is 428 g/mol. The maximum atomic E-state index is 11.8. The van der Waals surface area contributed by atoms with Crippen molar-refractivity contribution in [2.45, 2.75) is 149 Å². The van der Waals surface area contributed by atoms with Gasteiger partial charge in [0.15, 0.2) is 0 Å². The SMILES string of the molecule is CCCCCCCCC(OC)C(CCCCCCCC(=O)OC(C)(C)C)C(C)(C)O. The van der Waals surface area contributed by atoms with Crippen LogP contribution in [0.1, 0.15) is 131 Å². The van der Waals surface area contributed by atoms with Gasteiger partial charge in [0.2, 0.25) is 0 Å². The number of aliphatic hydroxyl groups is 1. The van der Waals surface area contributed by atoms with E-state index >= 15 is 0 Å². The molecule has 2 atom stereocenters. The number of hydrogen-bond acceptors (Lipinski definition) is 4. The number of unbranched alkanes of at least 4 members (excludes halogenated alkanes) is 9. The van der Waals surface area contributed by atoms with Crippen LogP contribution in [0.15, 0.2) is 0 Å². The van der Waals surface area contributed by atoms with Gasteiger partial charge in [0.05, 0.1) is 11.7 Å². The first-order chi connectivity index (χ1) is 14.0. The zero-order valence-corrected chi connectivity index (χ0v) is 21.2. The molecule has 0 fully saturated rings. The Kier molecular flexibility index (Phi) is 15.8. The summed E-state index contributed by atoms with van der Waals surface area (Å²) in [5, 5.41) is 10.7. The summed E-state index contributed by atoms with van der Waals surface area (Å²) in [6.45, 7) is 11.8. The maximum Gasteiger partial charge on any atom is 0.306 e. The van der Waals surface area contributed by atoms with E-state index in [2.05, 4.69) is 6.92 Å². The van der Waals surface area contributed by atoms with Crippen molar-refractivity contribution in [3.63, 3.8) is 0 Å². The molecule has 0 amide bonds. The summed E-state index contributed by atoms with van der Waals surface area (Å²) in [6.07, 6.45) is 15.6. The molecule has 0 aliphatic heterocycles. The molecule has 0 aromatic rings. The lowest BCUT2D eigenvalue weighted by Gasteiger charge is -2.35. The molecular weight excluding hydrogens is 376 g/mol. The number of carbonyl (C=O) groups excluding carboxylic acids is 1. The quantitative estimate of drug-likeness (QED) is 0.185. The van der Waals surface area contributed by atoms with E-state index in [-0.39, 0.29) is 18.0 Å². The highest BCUT2D eigenvalue weighted by Gasteiger charge is 2.33. The number of methoxy groups -OCH3 is 1. The van der Waals surface area contributed by atoms with E-state index < -0.39 is 11.2 Å². The Morgan fingerprint density at radius 3 is 1.80 bits per heavy atom. The van der Waals surface area contributed by atoms with Crippen LogP contribution in [0.25, 0.3) is 0 Å². The molecule has 4 heteroatoms. The molecule has 0 aliphatic carbocycles. The first kappa shape index (κ1) is 29.4. The third-order valence-corrected chi connectivity index (χ3v) is 5.82. The summed E-state index contributed by atoms with van der Waals surface area (Å²) in [5.74, 6) is 0.0714. The molecule has 0 bridgehead atoms. The lowest BCUT2D eigenvalue weighted by atomic mass is 9.80. The normalized spacial score (nSPS) is 14.5. The van der Waals surface area contributed by atoms with Crippen LogP contribution < -0.4 is 0 Å². The van der Waals surface area contributed by atoms with E-state index in [1.54, 1.807) is 7.11 Å². The summed E-state index contributed by atoms with van der Waals surface area (Å²) in [7, 11) is 1.79.